The molecule has 2 atom stereocenters. The Balaban J connectivity index is 0.00000192. The largest absolute Gasteiger partial charge is 0.496 e. The summed E-state index contributed by atoms with van der Waals surface area (Å²) in [5.41, 5.74) is 0.894. The normalized spacial score (nSPS) is 26.1. The van der Waals surface area contributed by atoms with Gasteiger partial charge in [-0.05, 0) is 31.4 Å². The van der Waals surface area contributed by atoms with Crippen LogP contribution >= 0.6 is 12.4 Å². The van der Waals surface area contributed by atoms with E-state index in [0.29, 0.717) is 18.4 Å². The zero-order valence-corrected chi connectivity index (χ0v) is 14.8. The second-order valence-corrected chi connectivity index (χ2v) is 6.70. The van der Waals surface area contributed by atoms with Crippen molar-refractivity contribution in [2.75, 3.05) is 27.2 Å². The van der Waals surface area contributed by atoms with Gasteiger partial charge in [-0.2, -0.15) is 0 Å². The number of para-hydroxylation sites is 1. The molecule has 5 heteroatoms. The van der Waals surface area contributed by atoms with Crippen LogP contribution in [-0.4, -0.2) is 38.1 Å². The lowest BCUT2D eigenvalue weighted by Gasteiger charge is -2.39. The first-order valence-corrected chi connectivity index (χ1v) is 8.25. The van der Waals surface area contributed by atoms with Crippen LogP contribution in [0.3, 0.4) is 0 Å². The number of halogens is 1. The molecule has 0 unspecified atom stereocenters. The molecule has 23 heavy (non-hydrogen) atoms. The van der Waals surface area contributed by atoms with Crippen LogP contribution in [0.25, 0.3) is 0 Å². The second-order valence-electron chi connectivity index (χ2n) is 6.70. The number of fused-ring (bicyclic) bond motifs is 1. The van der Waals surface area contributed by atoms with Gasteiger partial charge in [-0.25, -0.2) is 0 Å². The number of carbonyl (C=O) groups excluding carboxylic acids is 1. The Kier molecular flexibility index (Phi) is 5.93. The highest BCUT2D eigenvalue weighted by Gasteiger charge is 2.50. The summed E-state index contributed by atoms with van der Waals surface area (Å²) in [6.45, 7) is 2.44. The van der Waals surface area contributed by atoms with E-state index in [4.69, 9.17) is 4.74 Å². The third-order valence-corrected chi connectivity index (χ3v) is 5.41. The minimum absolute atomic E-state index is 0. The fourth-order valence-electron chi connectivity index (χ4n) is 4.21. The topological polar surface area (TPSA) is 41.6 Å². The summed E-state index contributed by atoms with van der Waals surface area (Å²) >= 11 is 0. The molecule has 2 aliphatic rings. The fraction of sp³-hybridized carbons (Fsp3) is 0.611. The Labute approximate surface area is 145 Å². The average Bonchev–Trinajstić information content (AvgIpc) is 2.99. The molecule has 1 saturated carbocycles. The van der Waals surface area contributed by atoms with Crippen LogP contribution < -0.4 is 10.1 Å². The predicted molar refractivity (Wildman–Crippen MR) is 94.0 cm³/mol. The number of amides is 1. The number of rotatable bonds is 4. The Bertz CT molecular complexity index is 552. The second kappa shape index (κ2) is 7.54. The van der Waals surface area contributed by atoms with Gasteiger partial charge in [0, 0.05) is 25.7 Å². The van der Waals surface area contributed by atoms with Gasteiger partial charge >= 0.3 is 0 Å². The minimum Gasteiger partial charge on any atom is -0.496 e. The maximum atomic E-state index is 13.2. The van der Waals surface area contributed by atoms with Crippen molar-refractivity contribution in [1.29, 1.82) is 0 Å². The van der Waals surface area contributed by atoms with Gasteiger partial charge in [0.1, 0.15) is 5.75 Å². The van der Waals surface area contributed by atoms with Crippen LogP contribution in [0.1, 0.15) is 31.2 Å². The van der Waals surface area contributed by atoms with Crippen molar-refractivity contribution >= 4 is 18.3 Å². The lowest BCUT2D eigenvalue weighted by Crippen LogP contribution is -2.48. The van der Waals surface area contributed by atoms with E-state index in [1.54, 1.807) is 7.11 Å². The van der Waals surface area contributed by atoms with Crippen LogP contribution in [0.4, 0.5) is 0 Å². The van der Waals surface area contributed by atoms with E-state index in [2.05, 4.69) is 5.32 Å². The summed E-state index contributed by atoms with van der Waals surface area (Å²) in [7, 11) is 3.60. The zero-order chi connectivity index (χ0) is 15.6. The van der Waals surface area contributed by atoms with E-state index in [1.165, 1.54) is 19.3 Å². The van der Waals surface area contributed by atoms with E-state index in [9.17, 15) is 4.79 Å². The number of nitrogens with one attached hydrogen (secondary N) is 1. The molecule has 3 rings (SSSR count). The summed E-state index contributed by atoms with van der Waals surface area (Å²) in [6.07, 6.45) is 4.64. The van der Waals surface area contributed by atoms with Gasteiger partial charge in [-0.3, -0.25) is 4.79 Å². The van der Waals surface area contributed by atoms with E-state index in [0.717, 1.165) is 30.8 Å². The molecule has 4 nitrogen and oxygen atoms in total. The molecule has 1 amide bonds. The lowest BCUT2D eigenvalue weighted by atomic mass is 9.67. The molecule has 0 aromatic heterocycles. The number of carbonyl (C=O) groups is 1. The highest BCUT2D eigenvalue weighted by atomic mass is 35.5. The first kappa shape index (κ1) is 18.1. The van der Waals surface area contributed by atoms with Crippen molar-refractivity contribution < 1.29 is 9.53 Å². The Morgan fingerprint density at radius 2 is 2.17 bits per heavy atom. The van der Waals surface area contributed by atoms with Gasteiger partial charge in [-0.1, -0.05) is 31.0 Å². The first-order valence-electron chi connectivity index (χ1n) is 8.25. The molecular formula is C18H27ClN2O2. The molecule has 2 fully saturated rings. The van der Waals surface area contributed by atoms with Crippen molar-refractivity contribution in [2.45, 2.75) is 32.2 Å². The smallest absolute Gasteiger partial charge is 0.230 e. The molecule has 1 aromatic rings. The molecule has 1 heterocycles. The summed E-state index contributed by atoms with van der Waals surface area (Å²) in [4.78, 5) is 15.0. The molecule has 0 spiro atoms. The standard InChI is InChI=1S/C18H26N2O2.ClH/c1-20(12-14-7-3-4-9-16(14)22-2)17(21)18-10-6-5-8-15(18)11-19-13-18;/h3-4,7,9,15,19H,5-6,8,10-13H2,1-2H3;1H/t15-,18+;/m0./s1. The Hall–Kier alpha value is -1.26. The van der Waals surface area contributed by atoms with Gasteiger partial charge in [0.25, 0.3) is 0 Å². The summed E-state index contributed by atoms with van der Waals surface area (Å²) in [6, 6.07) is 7.94. The molecule has 0 bridgehead atoms. The molecule has 1 saturated heterocycles. The third kappa shape index (κ3) is 3.33. The molecule has 1 N–H and O–H groups in total. The highest BCUT2D eigenvalue weighted by molar-refractivity contribution is 5.85. The van der Waals surface area contributed by atoms with Crippen LogP contribution in [0.5, 0.6) is 5.75 Å². The van der Waals surface area contributed by atoms with Crippen LogP contribution in [0.15, 0.2) is 24.3 Å². The molecule has 0 radical (unpaired) electrons. The molecule has 1 aromatic carbocycles. The zero-order valence-electron chi connectivity index (χ0n) is 14.0. The van der Waals surface area contributed by atoms with Gasteiger partial charge in [0.2, 0.25) is 5.91 Å². The quantitative estimate of drug-likeness (QED) is 0.917. The Morgan fingerprint density at radius 3 is 2.96 bits per heavy atom. The summed E-state index contributed by atoms with van der Waals surface area (Å²) in [5, 5.41) is 3.46. The van der Waals surface area contributed by atoms with Crippen LogP contribution in [-0.2, 0) is 11.3 Å². The average molecular weight is 339 g/mol. The van der Waals surface area contributed by atoms with Gasteiger partial charge < -0.3 is 15.0 Å². The van der Waals surface area contributed by atoms with Gasteiger partial charge in [-0.15, -0.1) is 12.4 Å². The lowest BCUT2D eigenvalue weighted by molar-refractivity contribution is -0.144. The molecular weight excluding hydrogens is 312 g/mol. The Morgan fingerprint density at radius 1 is 1.39 bits per heavy atom. The number of methoxy groups -OCH3 is 1. The van der Waals surface area contributed by atoms with E-state index < -0.39 is 0 Å². The van der Waals surface area contributed by atoms with Crippen molar-refractivity contribution in [3.8, 4) is 5.75 Å². The van der Waals surface area contributed by atoms with E-state index in [-0.39, 0.29) is 17.8 Å². The van der Waals surface area contributed by atoms with Crippen LogP contribution in [0, 0.1) is 11.3 Å². The third-order valence-electron chi connectivity index (χ3n) is 5.41. The van der Waals surface area contributed by atoms with E-state index >= 15 is 0 Å². The maximum absolute atomic E-state index is 13.2. The van der Waals surface area contributed by atoms with Crippen molar-refractivity contribution in [3.63, 3.8) is 0 Å². The van der Waals surface area contributed by atoms with E-state index in [1.807, 2.05) is 36.2 Å². The predicted octanol–water partition coefficient (Wildman–Crippen LogP) is 2.86. The summed E-state index contributed by atoms with van der Waals surface area (Å²) < 4.78 is 5.41. The van der Waals surface area contributed by atoms with Crippen molar-refractivity contribution in [1.82, 2.24) is 10.2 Å². The van der Waals surface area contributed by atoms with Crippen molar-refractivity contribution in [3.05, 3.63) is 29.8 Å². The number of benzene rings is 1. The monoisotopic (exact) mass is 338 g/mol. The molecule has 128 valence electrons. The number of ether oxygens (including phenoxy) is 1. The van der Waals surface area contributed by atoms with Gasteiger partial charge in [0.15, 0.2) is 0 Å². The summed E-state index contributed by atoms with van der Waals surface area (Å²) in [5.74, 6) is 1.66. The van der Waals surface area contributed by atoms with Crippen molar-refractivity contribution in [2.24, 2.45) is 11.3 Å². The highest BCUT2D eigenvalue weighted by Crippen LogP contribution is 2.45. The molecule has 1 aliphatic carbocycles. The number of hydrogen-bond donors (Lipinski definition) is 1. The molecule has 1 aliphatic heterocycles. The van der Waals surface area contributed by atoms with Crippen LogP contribution in [0.2, 0.25) is 0 Å². The first-order chi connectivity index (χ1) is 10.7. The number of nitrogens with zero attached hydrogens (tertiary/aromatic N) is 1. The number of hydrogen-bond acceptors (Lipinski definition) is 3. The maximum Gasteiger partial charge on any atom is 0.230 e. The fourth-order valence-corrected chi connectivity index (χ4v) is 4.21. The minimum atomic E-state index is -0.172. The van der Waals surface area contributed by atoms with Gasteiger partial charge in [0.05, 0.1) is 12.5 Å². The SMILES string of the molecule is COc1ccccc1CN(C)C(=O)[C@@]12CCCC[C@H]1CNC2.Cl.